The highest BCUT2D eigenvalue weighted by atomic mass is 19.1. The Labute approximate surface area is 98.6 Å². The van der Waals surface area contributed by atoms with Crippen molar-refractivity contribution in [2.45, 2.75) is 0 Å². The van der Waals surface area contributed by atoms with Crippen LogP contribution in [0.3, 0.4) is 0 Å². The number of para-hydroxylation sites is 1. The highest BCUT2D eigenvalue weighted by molar-refractivity contribution is 6.36. The van der Waals surface area contributed by atoms with Gasteiger partial charge in [-0.15, -0.1) is 0 Å². The van der Waals surface area contributed by atoms with Crippen molar-refractivity contribution in [2.24, 2.45) is 0 Å². The Hall–Kier alpha value is -2.01. The summed E-state index contributed by atoms with van der Waals surface area (Å²) in [4.78, 5) is 0. The van der Waals surface area contributed by atoms with Crippen molar-refractivity contribution in [3.8, 4) is 11.5 Å². The molecule has 1 N–H and O–H groups in total. The molecule has 0 heterocycles. The summed E-state index contributed by atoms with van der Waals surface area (Å²) < 4.78 is 22.7. The summed E-state index contributed by atoms with van der Waals surface area (Å²) in [7, 11) is -1.43. The van der Waals surface area contributed by atoms with Crippen molar-refractivity contribution >= 4 is 7.32 Å². The van der Waals surface area contributed by atoms with Crippen LogP contribution < -0.4 is 9.31 Å². The molecule has 0 amide bonds. The van der Waals surface area contributed by atoms with E-state index in [9.17, 15) is 9.41 Å². The molecule has 0 aliphatic heterocycles. The molecule has 5 heteroatoms. The van der Waals surface area contributed by atoms with Crippen molar-refractivity contribution in [3.05, 3.63) is 60.4 Å². The maximum atomic E-state index is 12.6. The lowest BCUT2D eigenvalue weighted by molar-refractivity contribution is 0.297. The molecule has 2 aromatic rings. The molecule has 0 unspecified atom stereocenters. The van der Waals surface area contributed by atoms with E-state index in [4.69, 9.17) is 9.31 Å². The average molecular weight is 232 g/mol. The molecular weight excluding hydrogens is 222 g/mol. The molecule has 2 rings (SSSR count). The predicted molar refractivity (Wildman–Crippen MR) is 62.1 cm³/mol. The van der Waals surface area contributed by atoms with Gasteiger partial charge in [-0.05, 0) is 36.4 Å². The summed E-state index contributed by atoms with van der Waals surface area (Å²) in [6.07, 6.45) is 0. The Morgan fingerprint density at radius 2 is 1.35 bits per heavy atom. The molecule has 0 saturated carbocycles. The molecule has 0 fully saturated rings. The molecule has 17 heavy (non-hydrogen) atoms. The van der Waals surface area contributed by atoms with Crippen LogP contribution in [-0.2, 0) is 0 Å². The van der Waals surface area contributed by atoms with Gasteiger partial charge in [0.2, 0.25) is 0 Å². The predicted octanol–water partition coefficient (Wildman–Crippen LogP) is 2.26. The first-order chi connectivity index (χ1) is 8.24. The number of hydrogen-bond donors (Lipinski definition) is 1. The highest BCUT2D eigenvalue weighted by Gasteiger charge is 2.20. The summed E-state index contributed by atoms with van der Waals surface area (Å²) in [5.74, 6) is 0.452. The SMILES string of the molecule is OB(Oc1ccccc1)Oc1ccc(F)cc1. The summed E-state index contributed by atoms with van der Waals surface area (Å²) in [5.41, 5.74) is 0. The Morgan fingerprint density at radius 1 is 0.824 bits per heavy atom. The fourth-order valence-electron chi connectivity index (χ4n) is 1.27. The molecule has 0 spiro atoms. The molecule has 0 aliphatic rings. The third kappa shape index (κ3) is 3.50. The Kier molecular flexibility index (Phi) is 3.62. The molecule has 0 aliphatic carbocycles. The molecule has 0 saturated heterocycles. The van der Waals surface area contributed by atoms with Gasteiger partial charge in [0.15, 0.2) is 0 Å². The van der Waals surface area contributed by atoms with Crippen molar-refractivity contribution in [1.29, 1.82) is 0 Å². The molecule has 0 radical (unpaired) electrons. The lowest BCUT2D eigenvalue weighted by atomic mass is 10.2. The minimum Gasteiger partial charge on any atom is -0.501 e. The van der Waals surface area contributed by atoms with Gasteiger partial charge in [-0.25, -0.2) is 4.39 Å². The summed E-state index contributed by atoms with van der Waals surface area (Å²) in [6.45, 7) is 0. The monoisotopic (exact) mass is 232 g/mol. The van der Waals surface area contributed by atoms with E-state index in [0.717, 1.165) is 0 Å². The molecule has 2 aromatic carbocycles. The molecule has 0 bridgehead atoms. The van der Waals surface area contributed by atoms with Gasteiger partial charge in [0.1, 0.15) is 17.3 Å². The van der Waals surface area contributed by atoms with E-state index >= 15 is 0 Å². The van der Waals surface area contributed by atoms with Gasteiger partial charge in [-0.1, -0.05) is 18.2 Å². The first-order valence-corrected chi connectivity index (χ1v) is 5.06. The highest BCUT2D eigenvalue weighted by Crippen LogP contribution is 2.14. The summed E-state index contributed by atoms with van der Waals surface area (Å²) in [6, 6.07) is 14.1. The quantitative estimate of drug-likeness (QED) is 0.821. The Morgan fingerprint density at radius 3 is 1.94 bits per heavy atom. The van der Waals surface area contributed by atoms with Gasteiger partial charge < -0.3 is 14.3 Å². The fraction of sp³-hybridized carbons (Fsp3) is 0. The zero-order chi connectivity index (χ0) is 12.1. The van der Waals surface area contributed by atoms with Gasteiger partial charge in [-0.3, -0.25) is 0 Å². The third-order valence-corrected chi connectivity index (χ3v) is 2.03. The summed E-state index contributed by atoms with van der Waals surface area (Å²) >= 11 is 0. The van der Waals surface area contributed by atoms with Crippen LogP contribution in [0.4, 0.5) is 4.39 Å². The molecule has 86 valence electrons. The second-order valence-corrected chi connectivity index (χ2v) is 3.31. The third-order valence-electron chi connectivity index (χ3n) is 2.03. The van der Waals surface area contributed by atoms with Crippen LogP contribution in [0.15, 0.2) is 54.6 Å². The van der Waals surface area contributed by atoms with E-state index in [1.165, 1.54) is 24.3 Å². The maximum absolute atomic E-state index is 12.6. The van der Waals surface area contributed by atoms with Crippen molar-refractivity contribution in [2.75, 3.05) is 0 Å². The zero-order valence-corrected chi connectivity index (χ0v) is 8.92. The standard InChI is InChI=1S/C12H10BFO3/c14-10-6-8-12(9-7-10)17-13(15)16-11-4-2-1-3-5-11/h1-9,15H. The number of benzene rings is 2. The van der Waals surface area contributed by atoms with Gasteiger partial charge >= 0.3 is 7.32 Å². The first-order valence-electron chi connectivity index (χ1n) is 5.06. The lowest BCUT2D eigenvalue weighted by Gasteiger charge is -2.10. The van der Waals surface area contributed by atoms with Crippen LogP contribution in [0.1, 0.15) is 0 Å². The van der Waals surface area contributed by atoms with Crippen LogP contribution in [0.25, 0.3) is 0 Å². The molecule has 0 aromatic heterocycles. The normalized spacial score (nSPS) is 9.76. The van der Waals surface area contributed by atoms with Gasteiger partial charge in [0.05, 0.1) is 0 Å². The largest absolute Gasteiger partial charge is 0.785 e. The van der Waals surface area contributed by atoms with Crippen LogP contribution in [-0.4, -0.2) is 12.3 Å². The maximum Gasteiger partial charge on any atom is 0.785 e. The average Bonchev–Trinajstić information content (AvgIpc) is 2.33. The molecular formula is C12H10BFO3. The van der Waals surface area contributed by atoms with Crippen molar-refractivity contribution in [1.82, 2.24) is 0 Å². The summed E-state index contributed by atoms with van der Waals surface area (Å²) in [5, 5.41) is 9.49. The van der Waals surface area contributed by atoms with Gasteiger partial charge in [0, 0.05) is 0 Å². The van der Waals surface area contributed by atoms with Crippen molar-refractivity contribution < 1.29 is 18.7 Å². The molecule has 3 nitrogen and oxygen atoms in total. The van der Waals surface area contributed by atoms with E-state index in [0.29, 0.717) is 11.5 Å². The lowest BCUT2D eigenvalue weighted by Crippen LogP contribution is -2.29. The van der Waals surface area contributed by atoms with E-state index < -0.39 is 7.32 Å². The smallest absolute Gasteiger partial charge is 0.501 e. The van der Waals surface area contributed by atoms with E-state index in [1.807, 2.05) is 6.07 Å². The van der Waals surface area contributed by atoms with Gasteiger partial charge in [0.25, 0.3) is 0 Å². The number of hydrogen-bond acceptors (Lipinski definition) is 3. The fourth-order valence-corrected chi connectivity index (χ4v) is 1.27. The van der Waals surface area contributed by atoms with E-state index in [2.05, 4.69) is 0 Å². The van der Waals surface area contributed by atoms with Crippen LogP contribution >= 0.6 is 0 Å². The van der Waals surface area contributed by atoms with Crippen LogP contribution in [0, 0.1) is 5.82 Å². The minimum absolute atomic E-state index is 0.329. The second kappa shape index (κ2) is 5.36. The second-order valence-electron chi connectivity index (χ2n) is 3.31. The Bertz CT molecular complexity index is 461. The minimum atomic E-state index is -1.43. The first kappa shape index (κ1) is 11.5. The zero-order valence-electron chi connectivity index (χ0n) is 8.92. The number of rotatable bonds is 4. The Balaban J connectivity index is 1.93. The van der Waals surface area contributed by atoms with E-state index in [-0.39, 0.29) is 5.82 Å². The number of halogens is 1. The topological polar surface area (TPSA) is 38.7 Å². The molecule has 0 atom stereocenters. The van der Waals surface area contributed by atoms with Gasteiger partial charge in [-0.2, -0.15) is 0 Å². The van der Waals surface area contributed by atoms with Crippen LogP contribution in [0.5, 0.6) is 11.5 Å². The van der Waals surface area contributed by atoms with Crippen LogP contribution in [0.2, 0.25) is 0 Å². The van der Waals surface area contributed by atoms with E-state index in [1.54, 1.807) is 24.3 Å². The van der Waals surface area contributed by atoms with Crippen molar-refractivity contribution in [3.63, 3.8) is 0 Å².